The fraction of sp³-hybridized carbons (Fsp3) is 0.400. The van der Waals surface area contributed by atoms with Crippen LogP contribution in [-0.4, -0.2) is 9.97 Å². The summed E-state index contributed by atoms with van der Waals surface area (Å²) in [5, 5.41) is 7.15. The van der Waals surface area contributed by atoms with E-state index in [2.05, 4.69) is 29.1 Å². The summed E-state index contributed by atoms with van der Waals surface area (Å²) in [5.41, 5.74) is 5.46. The average molecular weight is 291 g/mol. The summed E-state index contributed by atoms with van der Waals surface area (Å²) in [5.74, 6) is 0. The lowest BCUT2D eigenvalue weighted by Crippen LogP contribution is -2.35. The largest absolute Gasteiger partial charge is 0.375 e. The van der Waals surface area contributed by atoms with Crippen LogP contribution < -0.4 is 11.1 Å². The minimum absolute atomic E-state index is 0. The van der Waals surface area contributed by atoms with Crippen molar-refractivity contribution >= 4 is 40.2 Å². The molecule has 4 nitrogen and oxygen atoms in total. The van der Waals surface area contributed by atoms with Gasteiger partial charge in [-0.3, -0.25) is 0 Å². The minimum atomic E-state index is -0.118. The number of thiazole rings is 2. The molecule has 0 amide bonds. The number of nitrogens with zero attached hydrogens (tertiary/aromatic N) is 2. The van der Waals surface area contributed by atoms with E-state index in [1.54, 1.807) is 11.3 Å². The van der Waals surface area contributed by atoms with E-state index in [-0.39, 0.29) is 17.9 Å². The molecule has 0 radical (unpaired) electrons. The van der Waals surface area contributed by atoms with Crippen LogP contribution in [0.4, 0.5) is 5.13 Å². The van der Waals surface area contributed by atoms with E-state index < -0.39 is 0 Å². The Bertz CT molecular complexity index is 453. The smallest absolute Gasteiger partial charge is 0.180 e. The Morgan fingerprint density at radius 3 is 2.71 bits per heavy atom. The first kappa shape index (κ1) is 14.4. The molecular formula is C10H15ClN4S2. The molecule has 0 aliphatic carbocycles. The quantitative estimate of drug-likeness (QED) is 0.908. The van der Waals surface area contributed by atoms with Crippen LogP contribution in [0, 0.1) is 0 Å². The van der Waals surface area contributed by atoms with Gasteiger partial charge in [-0.2, -0.15) is 0 Å². The molecule has 0 aliphatic rings. The molecule has 2 heterocycles. The van der Waals surface area contributed by atoms with Crippen molar-refractivity contribution in [2.75, 3.05) is 5.73 Å². The summed E-state index contributed by atoms with van der Waals surface area (Å²) in [6, 6.07) is 0. The van der Waals surface area contributed by atoms with Crippen LogP contribution in [-0.2, 0) is 12.1 Å². The van der Waals surface area contributed by atoms with E-state index in [1.807, 2.05) is 17.8 Å². The molecule has 0 fully saturated rings. The normalized spacial score (nSPS) is 11.2. The van der Waals surface area contributed by atoms with Crippen LogP contribution in [0.15, 0.2) is 17.8 Å². The Kier molecular flexibility index (Phi) is 4.88. The average Bonchev–Trinajstić information content (AvgIpc) is 2.85. The van der Waals surface area contributed by atoms with Gasteiger partial charge in [0.25, 0.3) is 0 Å². The van der Waals surface area contributed by atoms with Crippen molar-refractivity contribution in [3.05, 3.63) is 27.7 Å². The fourth-order valence-corrected chi connectivity index (χ4v) is 2.68. The number of hydrogen-bond acceptors (Lipinski definition) is 6. The van der Waals surface area contributed by atoms with Gasteiger partial charge in [-0.05, 0) is 13.8 Å². The standard InChI is InChI=1S/C10H14N4S2.ClH/c1-10(2,8-12-3-4-15-8)14-6-7-5-13-9(11)16-7;/h3-5,14H,6H2,1-2H3,(H2,11,13);1H. The molecule has 0 aliphatic heterocycles. The van der Waals surface area contributed by atoms with Gasteiger partial charge in [-0.15, -0.1) is 35.1 Å². The summed E-state index contributed by atoms with van der Waals surface area (Å²) in [6.45, 7) is 5.01. The van der Waals surface area contributed by atoms with E-state index in [0.29, 0.717) is 5.13 Å². The predicted molar refractivity (Wildman–Crippen MR) is 75.8 cm³/mol. The first-order valence-corrected chi connectivity index (χ1v) is 6.63. The predicted octanol–water partition coefficient (Wildman–Crippen LogP) is 2.63. The third-order valence-electron chi connectivity index (χ3n) is 2.24. The molecule has 0 aromatic carbocycles. The molecule has 0 saturated carbocycles. The highest BCUT2D eigenvalue weighted by atomic mass is 35.5. The van der Waals surface area contributed by atoms with Crippen LogP contribution in [0.1, 0.15) is 23.7 Å². The van der Waals surface area contributed by atoms with Gasteiger partial charge in [0.15, 0.2) is 5.13 Å². The Morgan fingerprint density at radius 2 is 2.18 bits per heavy atom. The monoisotopic (exact) mass is 290 g/mol. The zero-order valence-corrected chi connectivity index (χ0v) is 12.1. The molecule has 0 saturated heterocycles. The van der Waals surface area contributed by atoms with Gasteiger partial charge in [0.1, 0.15) is 5.01 Å². The summed E-state index contributed by atoms with van der Waals surface area (Å²) < 4.78 is 0. The van der Waals surface area contributed by atoms with Gasteiger partial charge < -0.3 is 11.1 Å². The van der Waals surface area contributed by atoms with E-state index in [4.69, 9.17) is 5.73 Å². The molecule has 2 aromatic rings. The maximum atomic E-state index is 5.58. The topological polar surface area (TPSA) is 63.8 Å². The van der Waals surface area contributed by atoms with Crippen LogP contribution >= 0.6 is 35.1 Å². The Hall–Kier alpha value is -0.690. The molecule has 0 bridgehead atoms. The Labute approximate surface area is 115 Å². The Morgan fingerprint density at radius 1 is 1.41 bits per heavy atom. The molecule has 7 heteroatoms. The van der Waals surface area contributed by atoms with Crippen molar-refractivity contribution in [3.8, 4) is 0 Å². The summed E-state index contributed by atoms with van der Waals surface area (Å²) >= 11 is 3.17. The highest BCUT2D eigenvalue weighted by Gasteiger charge is 2.22. The van der Waals surface area contributed by atoms with Gasteiger partial charge >= 0.3 is 0 Å². The van der Waals surface area contributed by atoms with Crippen molar-refractivity contribution in [3.63, 3.8) is 0 Å². The van der Waals surface area contributed by atoms with Crippen molar-refractivity contribution in [1.29, 1.82) is 0 Å². The molecule has 0 spiro atoms. The SMILES string of the molecule is CC(C)(NCc1cnc(N)s1)c1nccs1.Cl. The van der Waals surface area contributed by atoms with E-state index in [1.165, 1.54) is 11.3 Å². The van der Waals surface area contributed by atoms with Crippen molar-refractivity contribution < 1.29 is 0 Å². The van der Waals surface area contributed by atoms with Crippen LogP contribution in [0.2, 0.25) is 0 Å². The molecule has 3 N–H and O–H groups in total. The van der Waals surface area contributed by atoms with Gasteiger partial charge in [0.05, 0.1) is 5.54 Å². The summed E-state index contributed by atoms with van der Waals surface area (Å²) in [6.07, 6.45) is 3.64. The summed E-state index contributed by atoms with van der Waals surface area (Å²) in [4.78, 5) is 9.49. The van der Waals surface area contributed by atoms with Gasteiger partial charge in [-0.25, -0.2) is 9.97 Å². The maximum Gasteiger partial charge on any atom is 0.180 e. The van der Waals surface area contributed by atoms with E-state index in [9.17, 15) is 0 Å². The number of aromatic nitrogens is 2. The first-order valence-electron chi connectivity index (χ1n) is 4.93. The molecule has 0 atom stereocenters. The second-order valence-corrected chi connectivity index (χ2v) is 6.02. The van der Waals surface area contributed by atoms with Gasteiger partial charge in [0.2, 0.25) is 0 Å². The number of halogens is 1. The van der Waals surface area contributed by atoms with Crippen LogP contribution in [0.25, 0.3) is 0 Å². The van der Waals surface area contributed by atoms with Gasteiger partial charge in [0, 0.05) is 29.2 Å². The zero-order valence-electron chi connectivity index (χ0n) is 9.64. The zero-order chi connectivity index (χ0) is 11.6. The van der Waals surface area contributed by atoms with Crippen LogP contribution in [0.3, 0.4) is 0 Å². The molecule has 2 aromatic heterocycles. The van der Waals surface area contributed by atoms with Crippen molar-refractivity contribution in [1.82, 2.24) is 15.3 Å². The molecule has 17 heavy (non-hydrogen) atoms. The van der Waals surface area contributed by atoms with E-state index >= 15 is 0 Å². The second kappa shape index (κ2) is 5.77. The lowest BCUT2D eigenvalue weighted by atomic mass is 10.1. The minimum Gasteiger partial charge on any atom is -0.375 e. The van der Waals surface area contributed by atoms with Crippen LogP contribution in [0.5, 0.6) is 0 Å². The molecule has 0 unspecified atom stereocenters. The third-order valence-corrected chi connectivity index (χ3v) is 4.17. The number of anilines is 1. The first-order chi connectivity index (χ1) is 7.58. The molecular weight excluding hydrogens is 276 g/mol. The lowest BCUT2D eigenvalue weighted by Gasteiger charge is -2.23. The van der Waals surface area contributed by atoms with Gasteiger partial charge in [-0.1, -0.05) is 0 Å². The second-order valence-electron chi connectivity index (χ2n) is 3.98. The van der Waals surface area contributed by atoms with Crippen molar-refractivity contribution in [2.24, 2.45) is 0 Å². The Balaban J connectivity index is 0.00000144. The number of nitrogen functional groups attached to an aromatic ring is 1. The summed E-state index contributed by atoms with van der Waals surface area (Å²) in [7, 11) is 0. The fourth-order valence-electron chi connectivity index (χ4n) is 1.32. The third kappa shape index (κ3) is 3.64. The molecule has 94 valence electrons. The maximum absolute atomic E-state index is 5.58. The number of nitrogens with two attached hydrogens (primary N) is 1. The van der Waals surface area contributed by atoms with E-state index in [0.717, 1.165) is 16.4 Å². The lowest BCUT2D eigenvalue weighted by molar-refractivity contribution is 0.401. The number of nitrogens with one attached hydrogen (secondary N) is 1. The number of rotatable bonds is 4. The highest BCUT2D eigenvalue weighted by molar-refractivity contribution is 7.15. The highest BCUT2D eigenvalue weighted by Crippen LogP contribution is 2.23. The number of hydrogen-bond donors (Lipinski definition) is 2. The molecule has 2 rings (SSSR count). The van der Waals surface area contributed by atoms with Crippen molar-refractivity contribution in [2.45, 2.75) is 25.9 Å².